The Balaban J connectivity index is 1.49. The molecule has 6 nitrogen and oxygen atoms in total. The van der Waals surface area contributed by atoms with Crippen molar-refractivity contribution >= 4 is 23.3 Å². The summed E-state index contributed by atoms with van der Waals surface area (Å²) in [5, 5.41) is 10.9. The van der Waals surface area contributed by atoms with Gasteiger partial charge in [-0.05, 0) is 36.0 Å². The summed E-state index contributed by atoms with van der Waals surface area (Å²) < 4.78 is 0. The van der Waals surface area contributed by atoms with Gasteiger partial charge in [0.25, 0.3) is 11.8 Å². The van der Waals surface area contributed by atoms with Crippen LogP contribution >= 0.6 is 0 Å². The molecule has 1 N–H and O–H groups in total. The molecule has 1 aliphatic carbocycles. The zero-order valence-electron chi connectivity index (χ0n) is 19.0. The summed E-state index contributed by atoms with van der Waals surface area (Å²) >= 11 is 0. The molecule has 0 unspecified atom stereocenters. The highest BCUT2D eigenvalue weighted by atomic mass is 16.3. The lowest BCUT2D eigenvalue weighted by Crippen LogP contribution is -2.33. The van der Waals surface area contributed by atoms with Gasteiger partial charge in [0.15, 0.2) is 5.78 Å². The van der Waals surface area contributed by atoms with Gasteiger partial charge in [-0.2, -0.15) is 0 Å². The van der Waals surface area contributed by atoms with Crippen LogP contribution in [0.3, 0.4) is 0 Å². The molecule has 1 fully saturated rings. The first-order valence-corrected chi connectivity index (χ1v) is 11.2. The van der Waals surface area contributed by atoms with Crippen LogP contribution in [0.1, 0.15) is 65.8 Å². The summed E-state index contributed by atoms with van der Waals surface area (Å²) in [7, 11) is 0. The number of aliphatic hydroxyl groups excluding tert-OH is 1. The molecule has 1 saturated carbocycles. The third kappa shape index (κ3) is 4.80. The standard InChI is InChI=1S/C27H28N2O4/c1-27(2)15-21(28-17-18-9-4-3-5-10-18)24(23(31)16-27)22(30)13-8-14-29-25(32)19-11-6-7-12-20(19)26(29)33/h3-7,9-12,30H,8,13-17H2,1-2H3. The molecular formula is C27H28N2O4. The molecule has 0 atom stereocenters. The summed E-state index contributed by atoms with van der Waals surface area (Å²) in [6.07, 6.45) is 1.50. The number of carbonyl (C=O) groups is 3. The lowest BCUT2D eigenvalue weighted by atomic mass is 9.73. The van der Waals surface area contributed by atoms with Crippen LogP contribution in [-0.4, -0.2) is 39.9 Å². The maximum Gasteiger partial charge on any atom is 0.261 e. The fourth-order valence-electron chi connectivity index (χ4n) is 4.49. The number of nitrogens with zero attached hydrogens (tertiary/aromatic N) is 2. The van der Waals surface area contributed by atoms with Gasteiger partial charge >= 0.3 is 0 Å². The van der Waals surface area contributed by atoms with E-state index < -0.39 is 0 Å². The van der Waals surface area contributed by atoms with Crippen molar-refractivity contribution in [1.82, 2.24) is 4.90 Å². The number of Topliss-reactive ketones (excluding diaryl/α,β-unsaturated/α-hetero) is 1. The van der Waals surface area contributed by atoms with Crippen LogP contribution in [0.5, 0.6) is 0 Å². The number of fused-ring (bicyclic) bond motifs is 1. The molecular weight excluding hydrogens is 416 g/mol. The smallest absolute Gasteiger partial charge is 0.261 e. The maximum absolute atomic E-state index is 12.9. The minimum Gasteiger partial charge on any atom is -0.511 e. The van der Waals surface area contributed by atoms with Gasteiger partial charge in [0.2, 0.25) is 0 Å². The van der Waals surface area contributed by atoms with Crippen molar-refractivity contribution < 1.29 is 19.5 Å². The topological polar surface area (TPSA) is 87.0 Å². The summed E-state index contributed by atoms with van der Waals surface area (Å²) in [5.74, 6) is -0.762. The first kappa shape index (κ1) is 22.6. The minimum absolute atomic E-state index is 0.0149. The highest BCUT2D eigenvalue weighted by Gasteiger charge is 2.37. The third-order valence-corrected chi connectivity index (χ3v) is 6.11. The van der Waals surface area contributed by atoms with Gasteiger partial charge in [-0.3, -0.25) is 24.3 Å². The zero-order chi connectivity index (χ0) is 23.6. The van der Waals surface area contributed by atoms with E-state index in [9.17, 15) is 19.5 Å². The highest BCUT2D eigenvalue weighted by molar-refractivity contribution is 6.24. The van der Waals surface area contributed by atoms with E-state index in [1.807, 2.05) is 44.2 Å². The molecule has 2 aromatic carbocycles. The van der Waals surface area contributed by atoms with Gasteiger partial charge in [-0.1, -0.05) is 56.3 Å². The SMILES string of the molecule is CC1(C)CC(=O)C(=C(O)CCCN2C(=O)c3ccccc3C2=O)C(=NCc2ccccc2)C1. The van der Waals surface area contributed by atoms with Gasteiger partial charge in [-0.25, -0.2) is 0 Å². The highest BCUT2D eigenvalue weighted by Crippen LogP contribution is 2.36. The second kappa shape index (κ2) is 9.14. The number of imide groups is 1. The normalized spacial score (nSPS) is 20.4. The van der Waals surface area contributed by atoms with Gasteiger partial charge in [0.1, 0.15) is 5.76 Å². The Hall–Kier alpha value is -3.54. The van der Waals surface area contributed by atoms with E-state index in [1.54, 1.807) is 24.3 Å². The zero-order valence-corrected chi connectivity index (χ0v) is 19.0. The Bertz CT molecular complexity index is 1130. The lowest BCUT2D eigenvalue weighted by molar-refractivity contribution is -0.117. The maximum atomic E-state index is 12.9. The number of allylic oxidation sites excluding steroid dienone is 2. The minimum atomic E-state index is -0.316. The van der Waals surface area contributed by atoms with Gasteiger partial charge in [0, 0.05) is 25.1 Å². The van der Waals surface area contributed by atoms with Crippen LogP contribution in [0.4, 0.5) is 0 Å². The van der Waals surface area contributed by atoms with Gasteiger partial charge < -0.3 is 5.11 Å². The van der Waals surface area contributed by atoms with E-state index >= 15 is 0 Å². The van der Waals surface area contributed by atoms with Crippen molar-refractivity contribution in [2.45, 2.75) is 46.1 Å². The Labute approximate surface area is 193 Å². The number of carbonyl (C=O) groups excluding carboxylic acids is 3. The Kier molecular flexibility index (Phi) is 6.27. The van der Waals surface area contributed by atoms with Crippen LogP contribution < -0.4 is 0 Å². The lowest BCUT2D eigenvalue weighted by Gasteiger charge is -2.31. The molecule has 0 saturated heterocycles. The molecule has 4 rings (SSSR count). The van der Waals surface area contributed by atoms with E-state index in [1.165, 1.54) is 4.90 Å². The van der Waals surface area contributed by atoms with Gasteiger partial charge in [-0.15, -0.1) is 0 Å². The first-order chi connectivity index (χ1) is 15.8. The number of aliphatic imine (C=N–C) groups is 1. The summed E-state index contributed by atoms with van der Waals surface area (Å²) in [4.78, 5) is 43.9. The number of hydrogen-bond donors (Lipinski definition) is 1. The molecule has 1 aliphatic heterocycles. The van der Waals surface area contributed by atoms with Crippen molar-refractivity contribution in [3.63, 3.8) is 0 Å². The van der Waals surface area contributed by atoms with E-state index in [4.69, 9.17) is 4.99 Å². The van der Waals surface area contributed by atoms with E-state index in [2.05, 4.69) is 0 Å². The second-order valence-corrected chi connectivity index (χ2v) is 9.42. The average molecular weight is 445 g/mol. The fourth-order valence-corrected chi connectivity index (χ4v) is 4.49. The largest absolute Gasteiger partial charge is 0.511 e. The van der Waals surface area contributed by atoms with Crippen molar-refractivity contribution in [3.05, 3.63) is 82.6 Å². The van der Waals surface area contributed by atoms with Crippen LogP contribution in [0.2, 0.25) is 0 Å². The summed E-state index contributed by atoms with van der Waals surface area (Å²) in [5.41, 5.74) is 2.54. The van der Waals surface area contributed by atoms with Crippen LogP contribution in [-0.2, 0) is 11.3 Å². The van der Waals surface area contributed by atoms with Crippen molar-refractivity contribution in [3.8, 4) is 0 Å². The number of rotatable bonds is 6. The Morgan fingerprint density at radius 3 is 2.18 bits per heavy atom. The van der Waals surface area contributed by atoms with Crippen LogP contribution in [0, 0.1) is 5.41 Å². The molecule has 0 radical (unpaired) electrons. The molecule has 0 bridgehead atoms. The molecule has 0 aromatic heterocycles. The quantitative estimate of drug-likeness (QED) is 0.390. The summed E-state index contributed by atoms with van der Waals surface area (Å²) in [6.45, 7) is 4.67. The fraction of sp³-hybridized carbons (Fsp3) is 0.333. The number of aliphatic hydroxyl groups is 1. The molecule has 2 amide bonds. The number of ketones is 1. The van der Waals surface area contributed by atoms with Gasteiger partial charge in [0.05, 0.1) is 23.2 Å². The van der Waals surface area contributed by atoms with Crippen molar-refractivity contribution in [2.75, 3.05) is 6.54 Å². The van der Waals surface area contributed by atoms with Crippen LogP contribution in [0.15, 0.2) is 70.9 Å². The van der Waals surface area contributed by atoms with Crippen molar-refractivity contribution in [2.24, 2.45) is 10.4 Å². The molecule has 6 heteroatoms. The number of hydrogen-bond acceptors (Lipinski definition) is 5. The predicted molar refractivity (Wildman–Crippen MR) is 126 cm³/mol. The molecule has 2 aromatic rings. The number of benzene rings is 2. The molecule has 0 spiro atoms. The molecule has 170 valence electrons. The van der Waals surface area contributed by atoms with E-state index in [-0.39, 0.29) is 41.7 Å². The third-order valence-electron chi connectivity index (χ3n) is 6.11. The average Bonchev–Trinajstić information content (AvgIpc) is 3.02. The second-order valence-electron chi connectivity index (χ2n) is 9.42. The van der Waals surface area contributed by atoms with E-state index in [0.717, 1.165) is 5.56 Å². The monoisotopic (exact) mass is 444 g/mol. The predicted octanol–water partition coefficient (Wildman–Crippen LogP) is 4.91. The molecule has 1 heterocycles. The molecule has 2 aliphatic rings. The number of amides is 2. The van der Waals surface area contributed by atoms with Crippen molar-refractivity contribution in [1.29, 1.82) is 0 Å². The summed E-state index contributed by atoms with van der Waals surface area (Å²) in [6, 6.07) is 16.5. The molecule has 33 heavy (non-hydrogen) atoms. The Morgan fingerprint density at radius 1 is 0.939 bits per heavy atom. The van der Waals surface area contributed by atoms with Crippen LogP contribution in [0.25, 0.3) is 0 Å². The first-order valence-electron chi connectivity index (χ1n) is 11.2. The van der Waals surface area contributed by atoms with E-state index in [0.29, 0.717) is 48.2 Å². The Morgan fingerprint density at radius 2 is 1.55 bits per heavy atom.